The van der Waals surface area contributed by atoms with E-state index in [1.165, 1.54) is 12.1 Å². The second-order valence-electron chi connectivity index (χ2n) is 4.33. The fourth-order valence-corrected chi connectivity index (χ4v) is 2.15. The summed E-state index contributed by atoms with van der Waals surface area (Å²) in [6.45, 7) is 2.17. The lowest BCUT2D eigenvalue weighted by atomic mass is 10.2. The van der Waals surface area contributed by atoms with E-state index in [1.807, 2.05) is 16.9 Å². The number of hydrogen-bond donors (Lipinski definition) is 2. The molecule has 1 fully saturated rings. The smallest absolute Gasteiger partial charge is 0.0647 e. The molecule has 0 saturated carbocycles. The van der Waals surface area contributed by atoms with Gasteiger partial charge in [0.25, 0.3) is 0 Å². The summed E-state index contributed by atoms with van der Waals surface area (Å²) in [5.41, 5.74) is 2.26. The molecule has 1 unspecified atom stereocenters. The van der Waals surface area contributed by atoms with E-state index in [2.05, 4.69) is 40.0 Å². The van der Waals surface area contributed by atoms with Gasteiger partial charge < -0.3 is 10.6 Å². The van der Waals surface area contributed by atoms with Crippen molar-refractivity contribution in [3.8, 4) is 5.69 Å². The van der Waals surface area contributed by atoms with E-state index in [1.54, 1.807) is 6.20 Å². The van der Waals surface area contributed by atoms with Gasteiger partial charge in [-0.1, -0.05) is 0 Å². The van der Waals surface area contributed by atoms with Crippen LogP contribution in [-0.4, -0.2) is 28.9 Å². The fourth-order valence-electron chi connectivity index (χ4n) is 2.15. The highest BCUT2D eigenvalue weighted by molar-refractivity contribution is 5.49. The van der Waals surface area contributed by atoms with Crippen LogP contribution in [0.3, 0.4) is 0 Å². The summed E-state index contributed by atoms with van der Waals surface area (Å²) in [5, 5.41) is 11.1. The van der Waals surface area contributed by atoms with Crippen LogP contribution in [0.1, 0.15) is 6.42 Å². The van der Waals surface area contributed by atoms with Gasteiger partial charge in [-0.15, -0.1) is 0 Å². The molecule has 1 atom stereocenters. The first kappa shape index (κ1) is 10.4. The van der Waals surface area contributed by atoms with Gasteiger partial charge in [-0.3, -0.25) is 0 Å². The zero-order chi connectivity index (χ0) is 11.5. The topological polar surface area (TPSA) is 41.9 Å². The summed E-state index contributed by atoms with van der Waals surface area (Å²) in [7, 11) is 0. The van der Waals surface area contributed by atoms with Crippen LogP contribution in [0.25, 0.3) is 5.69 Å². The molecule has 88 valence electrons. The number of rotatable bonds is 3. The molecule has 1 aliphatic rings. The molecule has 0 spiro atoms. The summed E-state index contributed by atoms with van der Waals surface area (Å²) < 4.78 is 1.86. The van der Waals surface area contributed by atoms with Gasteiger partial charge in [0, 0.05) is 30.7 Å². The lowest BCUT2D eigenvalue weighted by Crippen LogP contribution is -2.21. The van der Waals surface area contributed by atoms with Crippen LogP contribution in [0, 0.1) is 0 Å². The molecule has 1 saturated heterocycles. The predicted octanol–water partition coefficient (Wildman–Crippen LogP) is 1.65. The van der Waals surface area contributed by atoms with Crippen molar-refractivity contribution in [3.05, 3.63) is 42.7 Å². The Morgan fingerprint density at radius 2 is 2.18 bits per heavy atom. The molecule has 2 heterocycles. The molecule has 0 amide bonds. The highest BCUT2D eigenvalue weighted by Gasteiger charge is 2.13. The first-order valence-corrected chi connectivity index (χ1v) is 5.99. The molecule has 0 bridgehead atoms. The van der Waals surface area contributed by atoms with Gasteiger partial charge in [0.2, 0.25) is 0 Å². The van der Waals surface area contributed by atoms with E-state index in [4.69, 9.17) is 0 Å². The van der Waals surface area contributed by atoms with Crippen molar-refractivity contribution < 1.29 is 0 Å². The van der Waals surface area contributed by atoms with Crippen LogP contribution in [0.2, 0.25) is 0 Å². The molecule has 2 aromatic rings. The number of nitrogens with zero attached hydrogens (tertiary/aromatic N) is 2. The summed E-state index contributed by atoms with van der Waals surface area (Å²) in [6, 6.07) is 10.9. The first-order valence-electron chi connectivity index (χ1n) is 5.99. The maximum absolute atomic E-state index is 4.21. The number of anilines is 1. The minimum atomic E-state index is 0.561. The zero-order valence-electron chi connectivity index (χ0n) is 9.63. The summed E-state index contributed by atoms with van der Waals surface area (Å²) >= 11 is 0. The van der Waals surface area contributed by atoms with Gasteiger partial charge in [-0.05, 0) is 43.3 Å². The third-order valence-corrected chi connectivity index (χ3v) is 3.07. The van der Waals surface area contributed by atoms with Gasteiger partial charge >= 0.3 is 0 Å². The van der Waals surface area contributed by atoms with Crippen molar-refractivity contribution in [1.82, 2.24) is 15.1 Å². The van der Waals surface area contributed by atoms with Crippen LogP contribution >= 0.6 is 0 Å². The van der Waals surface area contributed by atoms with Crippen molar-refractivity contribution in [1.29, 1.82) is 0 Å². The molecule has 1 aliphatic heterocycles. The number of aromatic nitrogens is 2. The Morgan fingerprint density at radius 3 is 2.82 bits per heavy atom. The lowest BCUT2D eigenvalue weighted by Gasteiger charge is -2.13. The molecule has 17 heavy (non-hydrogen) atoms. The number of nitrogens with one attached hydrogen (secondary N) is 2. The van der Waals surface area contributed by atoms with Gasteiger partial charge in [0.15, 0.2) is 0 Å². The standard InChI is InChI=1S/C13H16N4/c1-7-15-17(9-1)13-4-2-11(3-5-13)16-12-6-8-14-10-12/h1-5,7,9,12,14,16H,6,8,10H2. The fraction of sp³-hybridized carbons (Fsp3) is 0.308. The third-order valence-electron chi connectivity index (χ3n) is 3.07. The van der Waals surface area contributed by atoms with E-state index < -0.39 is 0 Å². The maximum Gasteiger partial charge on any atom is 0.0647 e. The van der Waals surface area contributed by atoms with Crippen molar-refractivity contribution in [3.63, 3.8) is 0 Å². The molecule has 0 radical (unpaired) electrons. The Labute approximate surface area is 101 Å². The van der Waals surface area contributed by atoms with Crippen LogP contribution in [0.5, 0.6) is 0 Å². The highest BCUT2D eigenvalue weighted by Crippen LogP contribution is 2.15. The Morgan fingerprint density at radius 1 is 1.29 bits per heavy atom. The van der Waals surface area contributed by atoms with E-state index >= 15 is 0 Å². The van der Waals surface area contributed by atoms with E-state index in [-0.39, 0.29) is 0 Å². The van der Waals surface area contributed by atoms with Crippen LogP contribution < -0.4 is 10.6 Å². The Kier molecular flexibility index (Phi) is 2.80. The quantitative estimate of drug-likeness (QED) is 0.839. The lowest BCUT2D eigenvalue weighted by molar-refractivity contribution is 0.793. The largest absolute Gasteiger partial charge is 0.381 e. The van der Waals surface area contributed by atoms with Gasteiger partial charge in [0.05, 0.1) is 5.69 Å². The van der Waals surface area contributed by atoms with E-state index in [0.717, 1.165) is 18.8 Å². The average molecular weight is 228 g/mol. The molecular weight excluding hydrogens is 212 g/mol. The summed E-state index contributed by atoms with van der Waals surface area (Å²) in [5.74, 6) is 0. The van der Waals surface area contributed by atoms with Crippen LogP contribution in [-0.2, 0) is 0 Å². The second kappa shape index (κ2) is 4.59. The Hall–Kier alpha value is -1.81. The zero-order valence-corrected chi connectivity index (χ0v) is 9.63. The van der Waals surface area contributed by atoms with E-state index in [9.17, 15) is 0 Å². The van der Waals surface area contributed by atoms with Gasteiger partial charge in [0.1, 0.15) is 0 Å². The first-order chi connectivity index (χ1) is 8.42. The second-order valence-corrected chi connectivity index (χ2v) is 4.33. The summed E-state index contributed by atoms with van der Waals surface area (Å²) in [4.78, 5) is 0. The third kappa shape index (κ3) is 2.31. The molecule has 3 rings (SSSR count). The molecule has 1 aromatic heterocycles. The Balaban J connectivity index is 1.71. The maximum atomic E-state index is 4.21. The van der Waals surface area contributed by atoms with Crippen LogP contribution in [0.15, 0.2) is 42.7 Å². The molecule has 2 N–H and O–H groups in total. The van der Waals surface area contributed by atoms with Crippen molar-refractivity contribution in [2.45, 2.75) is 12.5 Å². The Bertz CT molecular complexity index is 455. The molecule has 4 nitrogen and oxygen atoms in total. The number of benzene rings is 1. The van der Waals surface area contributed by atoms with Crippen LogP contribution in [0.4, 0.5) is 5.69 Å². The number of hydrogen-bond acceptors (Lipinski definition) is 3. The predicted molar refractivity (Wildman–Crippen MR) is 68.5 cm³/mol. The molecule has 1 aromatic carbocycles. The summed E-state index contributed by atoms with van der Waals surface area (Å²) in [6.07, 6.45) is 4.93. The minimum absolute atomic E-state index is 0.561. The van der Waals surface area contributed by atoms with Gasteiger partial charge in [-0.2, -0.15) is 5.10 Å². The highest BCUT2D eigenvalue weighted by atomic mass is 15.3. The molecule has 0 aliphatic carbocycles. The van der Waals surface area contributed by atoms with Gasteiger partial charge in [-0.25, -0.2) is 4.68 Å². The minimum Gasteiger partial charge on any atom is -0.381 e. The normalized spacial score (nSPS) is 19.4. The molecular formula is C13H16N4. The SMILES string of the molecule is c1cnn(-c2ccc(NC3CCNC3)cc2)c1. The average Bonchev–Trinajstić information content (AvgIpc) is 3.01. The van der Waals surface area contributed by atoms with E-state index in [0.29, 0.717) is 6.04 Å². The van der Waals surface area contributed by atoms with Crippen molar-refractivity contribution in [2.75, 3.05) is 18.4 Å². The molecule has 4 heteroatoms. The van der Waals surface area contributed by atoms with Crippen molar-refractivity contribution >= 4 is 5.69 Å². The monoisotopic (exact) mass is 228 g/mol. The van der Waals surface area contributed by atoms with Crippen molar-refractivity contribution in [2.24, 2.45) is 0 Å².